The number of hydrogen-bond donors (Lipinski definition) is 1. The van der Waals surface area contributed by atoms with Crippen molar-refractivity contribution in [2.45, 2.75) is 39.8 Å². The van der Waals surface area contributed by atoms with Crippen molar-refractivity contribution in [3.05, 3.63) is 18.2 Å². The molecule has 0 aliphatic carbocycles. The van der Waals surface area contributed by atoms with Crippen LogP contribution in [0, 0.1) is 6.92 Å². The molecule has 1 heterocycles. The van der Waals surface area contributed by atoms with Gasteiger partial charge in [-0.25, -0.2) is 9.78 Å². The van der Waals surface area contributed by atoms with E-state index in [2.05, 4.69) is 10.3 Å². The molecule has 0 aromatic carbocycles. The zero-order valence-electron chi connectivity index (χ0n) is 11.0. The molecular formula is C12H21N3O2. The van der Waals surface area contributed by atoms with Gasteiger partial charge in [-0.2, -0.15) is 0 Å². The normalized spacial score (nSPS) is 14.4. The van der Waals surface area contributed by atoms with E-state index in [1.807, 2.05) is 38.5 Å². The summed E-state index contributed by atoms with van der Waals surface area (Å²) >= 11 is 0. The van der Waals surface area contributed by atoms with Crippen molar-refractivity contribution in [3.8, 4) is 0 Å². The minimum Gasteiger partial charge on any atom is -0.465 e. The fourth-order valence-corrected chi connectivity index (χ4v) is 1.78. The fourth-order valence-electron chi connectivity index (χ4n) is 1.78. The molecule has 0 amide bonds. The lowest BCUT2D eigenvalue weighted by Gasteiger charge is -2.28. The summed E-state index contributed by atoms with van der Waals surface area (Å²) in [5.41, 5.74) is -0.712. The van der Waals surface area contributed by atoms with Gasteiger partial charge in [0.15, 0.2) is 0 Å². The first kappa shape index (κ1) is 13.7. The second-order valence-corrected chi connectivity index (χ2v) is 4.19. The molecule has 1 atom stereocenters. The lowest BCUT2D eigenvalue weighted by atomic mass is 10.0. The van der Waals surface area contributed by atoms with Crippen molar-refractivity contribution in [3.63, 3.8) is 0 Å². The Kier molecular flexibility index (Phi) is 4.69. The van der Waals surface area contributed by atoms with Crippen LogP contribution in [0.4, 0.5) is 0 Å². The van der Waals surface area contributed by atoms with Crippen LogP contribution in [0.1, 0.15) is 26.6 Å². The highest BCUT2D eigenvalue weighted by atomic mass is 16.5. The monoisotopic (exact) mass is 239 g/mol. The molecule has 17 heavy (non-hydrogen) atoms. The minimum absolute atomic E-state index is 0.227. The number of aryl methyl sites for hydroxylation is 1. The summed E-state index contributed by atoms with van der Waals surface area (Å²) in [7, 11) is 0. The van der Waals surface area contributed by atoms with Crippen molar-refractivity contribution in [1.29, 1.82) is 0 Å². The van der Waals surface area contributed by atoms with Crippen molar-refractivity contribution in [2.24, 2.45) is 0 Å². The van der Waals surface area contributed by atoms with Gasteiger partial charge < -0.3 is 14.6 Å². The number of carbonyl (C=O) groups excluding carboxylic acids is 1. The maximum Gasteiger partial charge on any atom is 0.327 e. The number of likely N-dealkylation sites (N-methyl/N-ethyl adjacent to an activating group) is 1. The average Bonchev–Trinajstić information content (AvgIpc) is 2.65. The van der Waals surface area contributed by atoms with E-state index in [4.69, 9.17) is 4.74 Å². The zero-order valence-corrected chi connectivity index (χ0v) is 11.0. The molecule has 0 radical (unpaired) electrons. The number of nitrogens with one attached hydrogen (secondary N) is 1. The highest BCUT2D eigenvalue weighted by Gasteiger charge is 2.34. The molecule has 1 N–H and O–H groups in total. The SMILES string of the molecule is CCNC(C)(Cn1ccnc1C)C(=O)OCC. The summed E-state index contributed by atoms with van der Waals surface area (Å²) in [6.07, 6.45) is 3.59. The molecule has 0 saturated heterocycles. The van der Waals surface area contributed by atoms with E-state index < -0.39 is 5.54 Å². The quantitative estimate of drug-likeness (QED) is 0.756. The number of esters is 1. The second-order valence-electron chi connectivity index (χ2n) is 4.19. The summed E-state index contributed by atoms with van der Waals surface area (Å²) < 4.78 is 7.06. The lowest BCUT2D eigenvalue weighted by Crippen LogP contribution is -2.53. The lowest BCUT2D eigenvalue weighted by molar-refractivity contribution is -0.151. The number of aromatic nitrogens is 2. The summed E-state index contributed by atoms with van der Waals surface area (Å²) in [4.78, 5) is 16.1. The Morgan fingerprint density at radius 3 is 2.76 bits per heavy atom. The second kappa shape index (κ2) is 5.82. The van der Waals surface area contributed by atoms with Gasteiger partial charge in [0.25, 0.3) is 0 Å². The van der Waals surface area contributed by atoms with Gasteiger partial charge in [0, 0.05) is 12.4 Å². The maximum atomic E-state index is 12.0. The third-order valence-corrected chi connectivity index (χ3v) is 2.70. The van der Waals surface area contributed by atoms with E-state index in [0.29, 0.717) is 19.7 Å². The third-order valence-electron chi connectivity index (χ3n) is 2.70. The van der Waals surface area contributed by atoms with E-state index in [1.54, 1.807) is 6.20 Å². The minimum atomic E-state index is -0.712. The van der Waals surface area contributed by atoms with Crippen LogP contribution >= 0.6 is 0 Å². The number of carbonyl (C=O) groups is 1. The van der Waals surface area contributed by atoms with Crippen LogP contribution in [0.25, 0.3) is 0 Å². The highest BCUT2D eigenvalue weighted by Crippen LogP contribution is 2.12. The van der Waals surface area contributed by atoms with Gasteiger partial charge in [0.1, 0.15) is 11.4 Å². The predicted octanol–water partition coefficient (Wildman–Crippen LogP) is 1.12. The molecular weight excluding hydrogens is 218 g/mol. The first-order chi connectivity index (χ1) is 8.03. The van der Waals surface area contributed by atoms with Crippen LogP contribution in [0.3, 0.4) is 0 Å². The Morgan fingerprint density at radius 1 is 1.59 bits per heavy atom. The molecule has 96 valence electrons. The molecule has 5 nitrogen and oxygen atoms in total. The third kappa shape index (κ3) is 3.30. The summed E-state index contributed by atoms with van der Waals surface area (Å²) in [5.74, 6) is 0.661. The molecule has 1 aromatic heterocycles. The Balaban J connectivity index is 2.84. The average molecular weight is 239 g/mol. The van der Waals surface area contributed by atoms with Gasteiger partial charge in [-0.15, -0.1) is 0 Å². The Hall–Kier alpha value is -1.36. The van der Waals surface area contributed by atoms with Crippen LogP contribution in [-0.2, 0) is 16.1 Å². The van der Waals surface area contributed by atoms with E-state index in [9.17, 15) is 4.79 Å². The predicted molar refractivity (Wildman–Crippen MR) is 65.7 cm³/mol. The number of hydrogen-bond acceptors (Lipinski definition) is 4. The van der Waals surface area contributed by atoms with E-state index in [0.717, 1.165) is 5.82 Å². The van der Waals surface area contributed by atoms with Gasteiger partial charge in [-0.3, -0.25) is 0 Å². The Labute approximate surface area is 102 Å². The topological polar surface area (TPSA) is 56.2 Å². The number of nitrogens with zero attached hydrogens (tertiary/aromatic N) is 2. The molecule has 0 aliphatic rings. The van der Waals surface area contributed by atoms with E-state index in [1.165, 1.54) is 0 Å². The highest BCUT2D eigenvalue weighted by molar-refractivity contribution is 5.80. The standard InChI is InChI=1S/C12H21N3O2/c1-5-14-12(4,11(16)17-6-2)9-15-8-7-13-10(15)3/h7-8,14H,5-6,9H2,1-4H3. The van der Waals surface area contributed by atoms with Crippen LogP contribution in [0.15, 0.2) is 12.4 Å². The maximum absolute atomic E-state index is 12.0. The molecule has 1 unspecified atom stereocenters. The van der Waals surface area contributed by atoms with Gasteiger partial charge in [-0.1, -0.05) is 6.92 Å². The molecule has 0 aliphatic heterocycles. The summed E-state index contributed by atoms with van der Waals surface area (Å²) in [5, 5.41) is 3.19. The number of ether oxygens (including phenoxy) is 1. The molecule has 0 saturated carbocycles. The molecule has 0 fully saturated rings. The van der Waals surface area contributed by atoms with Gasteiger partial charge in [0.2, 0.25) is 0 Å². The van der Waals surface area contributed by atoms with Crippen molar-refractivity contribution >= 4 is 5.97 Å². The summed E-state index contributed by atoms with van der Waals surface area (Å²) in [6, 6.07) is 0. The molecule has 1 aromatic rings. The zero-order chi connectivity index (χ0) is 12.9. The van der Waals surface area contributed by atoms with Gasteiger partial charge >= 0.3 is 5.97 Å². The summed E-state index contributed by atoms with van der Waals surface area (Å²) in [6.45, 7) is 9.17. The molecule has 0 bridgehead atoms. The molecule has 1 rings (SSSR count). The Bertz CT molecular complexity index is 376. The number of imidazole rings is 1. The van der Waals surface area contributed by atoms with Crippen LogP contribution in [-0.4, -0.2) is 34.2 Å². The molecule has 5 heteroatoms. The van der Waals surface area contributed by atoms with E-state index in [-0.39, 0.29) is 5.97 Å². The smallest absolute Gasteiger partial charge is 0.327 e. The molecule has 0 spiro atoms. The van der Waals surface area contributed by atoms with Gasteiger partial charge in [0.05, 0.1) is 13.2 Å². The first-order valence-electron chi connectivity index (χ1n) is 5.93. The van der Waals surface area contributed by atoms with Crippen LogP contribution in [0.2, 0.25) is 0 Å². The fraction of sp³-hybridized carbons (Fsp3) is 0.667. The van der Waals surface area contributed by atoms with Crippen LogP contribution in [0.5, 0.6) is 0 Å². The van der Waals surface area contributed by atoms with Gasteiger partial charge in [-0.05, 0) is 27.3 Å². The van der Waals surface area contributed by atoms with Crippen molar-refractivity contribution in [2.75, 3.05) is 13.2 Å². The first-order valence-corrected chi connectivity index (χ1v) is 5.93. The van der Waals surface area contributed by atoms with Crippen molar-refractivity contribution in [1.82, 2.24) is 14.9 Å². The Morgan fingerprint density at radius 2 is 2.29 bits per heavy atom. The van der Waals surface area contributed by atoms with E-state index >= 15 is 0 Å². The largest absolute Gasteiger partial charge is 0.465 e. The van der Waals surface area contributed by atoms with Crippen molar-refractivity contribution < 1.29 is 9.53 Å². The number of rotatable bonds is 6. The van der Waals surface area contributed by atoms with Crippen LogP contribution < -0.4 is 5.32 Å².